The van der Waals surface area contributed by atoms with Gasteiger partial charge in [-0.2, -0.15) is 0 Å². The summed E-state index contributed by atoms with van der Waals surface area (Å²) in [7, 11) is 0. The Labute approximate surface area is 105 Å². The van der Waals surface area contributed by atoms with Crippen molar-refractivity contribution in [2.45, 2.75) is 11.8 Å². The second kappa shape index (κ2) is 5.45. The molecule has 0 aliphatic carbocycles. The van der Waals surface area contributed by atoms with Gasteiger partial charge in [0.15, 0.2) is 0 Å². The Bertz CT molecular complexity index is 433. The van der Waals surface area contributed by atoms with Gasteiger partial charge in [0.2, 0.25) is 0 Å². The number of hydrogen-bond acceptors (Lipinski definition) is 3. The van der Waals surface area contributed by atoms with Gasteiger partial charge in [-0.05, 0) is 23.4 Å². The SMILES string of the molecule is OCC(CO)(Cc1cccs1)c1ccccc1. The molecule has 2 N–H and O–H groups in total. The standard InChI is InChI=1S/C14H16O2S/c15-10-14(11-16,9-13-7-4-8-17-13)12-5-2-1-3-6-12/h1-8,15-16H,9-11H2. The lowest BCUT2D eigenvalue weighted by Crippen LogP contribution is -2.37. The third kappa shape index (κ3) is 2.57. The molecule has 90 valence electrons. The lowest BCUT2D eigenvalue weighted by molar-refractivity contribution is 0.117. The molecule has 2 aromatic rings. The molecule has 1 aromatic carbocycles. The largest absolute Gasteiger partial charge is 0.395 e. The molecule has 0 aliphatic rings. The van der Waals surface area contributed by atoms with E-state index in [0.717, 1.165) is 5.56 Å². The summed E-state index contributed by atoms with van der Waals surface area (Å²) in [5.74, 6) is 0. The van der Waals surface area contributed by atoms with Gasteiger partial charge in [0.25, 0.3) is 0 Å². The fraction of sp³-hybridized carbons (Fsp3) is 0.286. The second-order valence-electron chi connectivity index (χ2n) is 4.22. The second-order valence-corrected chi connectivity index (χ2v) is 5.25. The summed E-state index contributed by atoms with van der Waals surface area (Å²) in [5.41, 5.74) is 0.407. The first-order chi connectivity index (χ1) is 8.30. The maximum absolute atomic E-state index is 9.67. The minimum Gasteiger partial charge on any atom is -0.395 e. The summed E-state index contributed by atoms with van der Waals surface area (Å²) in [4.78, 5) is 1.18. The molecular formula is C14H16O2S. The third-order valence-corrected chi connectivity index (χ3v) is 3.96. The zero-order valence-electron chi connectivity index (χ0n) is 9.54. The number of hydrogen-bond donors (Lipinski definition) is 2. The van der Waals surface area contributed by atoms with Crippen LogP contribution in [0.25, 0.3) is 0 Å². The van der Waals surface area contributed by atoms with E-state index in [2.05, 4.69) is 0 Å². The maximum Gasteiger partial charge on any atom is 0.0553 e. The van der Waals surface area contributed by atoms with Crippen molar-refractivity contribution in [1.29, 1.82) is 0 Å². The molecule has 0 saturated heterocycles. The molecule has 17 heavy (non-hydrogen) atoms. The Morgan fingerprint density at radius 3 is 2.18 bits per heavy atom. The maximum atomic E-state index is 9.67. The van der Waals surface area contributed by atoms with E-state index in [1.165, 1.54) is 4.88 Å². The van der Waals surface area contributed by atoms with Crippen molar-refractivity contribution >= 4 is 11.3 Å². The van der Waals surface area contributed by atoms with Crippen LogP contribution in [0.3, 0.4) is 0 Å². The quantitative estimate of drug-likeness (QED) is 0.851. The minimum atomic E-state index is -0.577. The topological polar surface area (TPSA) is 40.5 Å². The predicted molar refractivity (Wildman–Crippen MR) is 70.3 cm³/mol. The van der Waals surface area contributed by atoms with Gasteiger partial charge < -0.3 is 10.2 Å². The lowest BCUT2D eigenvalue weighted by atomic mass is 9.78. The smallest absolute Gasteiger partial charge is 0.0553 e. The van der Waals surface area contributed by atoms with Crippen molar-refractivity contribution in [3.8, 4) is 0 Å². The van der Waals surface area contributed by atoms with Crippen LogP contribution in [0.2, 0.25) is 0 Å². The van der Waals surface area contributed by atoms with Crippen LogP contribution in [-0.2, 0) is 11.8 Å². The van der Waals surface area contributed by atoms with Gasteiger partial charge in [-0.25, -0.2) is 0 Å². The monoisotopic (exact) mass is 248 g/mol. The summed E-state index contributed by atoms with van der Waals surface area (Å²) >= 11 is 1.65. The van der Waals surface area contributed by atoms with Crippen LogP contribution in [-0.4, -0.2) is 23.4 Å². The molecule has 0 bridgehead atoms. The van der Waals surface area contributed by atoms with Gasteiger partial charge in [-0.3, -0.25) is 0 Å². The van der Waals surface area contributed by atoms with Gasteiger partial charge in [0.1, 0.15) is 0 Å². The van der Waals surface area contributed by atoms with Gasteiger partial charge in [-0.15, -0.1) is 11.3 Å². The van der Waals surface area contributed by atoms with Crippen molar-refractivity contribution in [2.75, 3.05) is 13.2 Å². The Kier molecular flexibility index (Phi) is 3.94. The highest BCUT2D eigenvalue weighted by Gasteiger charge is 2.31. The van der Waals surface area contributed by atoms with Gasteiger partial charge in [0, 0.05) is 10.3 Å². The van der Waals surface area contributed by atoms with E-state index < -0.39 is 5.41 Å². The summed E-state index contributed by atoms with van der Waals surface area (Å²) in [6.45, 7) is -0.100. The molecule has 1 aromatic heterocycles. The molecule has 0 radical (unpaired) electrons. The molecule has 3 heteroatoms. The zero-order valence-corrected chi connectivity index (χ0v) is 10.4. The third-order valence-electron chi connectivity index (χ3n) is 3.08. The first kappa shape index (κ1) is 12.3. The summed E-state index contributed by atoms with van der Waals surface area (Å²) < 4.78 is 0. The van der Waals surface area contributed by atoms with Crippen LogP contribution in [0.4, 0.5) is 0 Å². The van der Waals surface area contributed by atoms with E-state index in [1.54, 1.807) is 11.3 Å². The summed E-state index contributed by atoms with van der Waals surface area (Å²) in [6, 6.07) is 13.8. The first-order valence-corrected chi connectivity index (χ1v) is 6.48. The van der Waals surface area contributed by atoms with E-state index >= 15 is 0 Å². The van der Waals surface area contributed by atoms with Crippen LogP contribution in [0.5, 0.6) is 0 Å². The molecular weight excluding hydrogens is 232 g/mol. The molecule has 0 spiro atoms. The number of aliphatic hydroxyl groups excluding tert-OH is 2. The first-order valence-electron chi connectivity index (χ1n) is 5.60. The average molecular weight is 248 g/mol. The molecule has 0 fully saturated rings. The van der Waals surface area contributed by atoms with E-state index in [0.29, 0.717) is 6.42 Å². The summed E-state index contributed by atoms with van der Waals surface area (Å²) in [5, 5.41) is 21.4. The predicted octanol–water partition coefficient (Wildman–Crippen LogP) is 2.21. The Morgan fingerprint density at radius 2 is 1.65 bits per heavy atom. The number of rotatable bonds is 5. The highest BCUT2D eigenvalue weighted by Crippen LogP contribution is 2.29. The van der Waals surface area contributed by atoms with Crippen LogP contribution >= 0.6 is 11.3 Å². The van der Waals surface area contributed by atoms with Crippen molar-refractivity contribution in [3.63, 3.8) is 0 Å². The van der Waals surface area contributed by atoms with E-state index in [4.69, 9.17) is 0 Å². The van der Waals surface area contributed by atoms with E-state index in [-0.39, 0.29) is 13.2 Å². The van der Waals surface area contributed by atoms with Gasteiger partial charge in [0.05, 0.1) is 13.2 Å². The Balaban J connectivity index is 2.32. The molecule has 2 rings (SSSR count). The van der Waals surface area contributed by atoms with E-state index in [9.17, 15) is 10.2 Å². The van der Waals surface area contributed by atoms with Crippen LogP contribution < -0.4 is 0 Å². The molecule has 0 unspecified atom stereocenters. The normalized spacial score (nSPS) is 11.6. The Morgan fingerprint density at radius 1 is 0.941 bits per heavy atom. The average Bonchev–Trinajstić information content (AvgIpc) is 2.90. The molecule has 0 aliphatic heterocycles. The van der Waals surface area contributed by atoms with Crippen molar-refractivity contribution < 1.29 is 10.2 Å². The number of thiophene rings is 1. The van der Waals surface area contributed by atoms with Crippen LogP contribution in [0.15, 0.2) is 47.8 Å². The van der Waals surface area contributed by atoms with Crippen LogP contribution in [0, 0.1) is 0 Å². The molecule has 2 nitrogen and oxygen atoms in total. The Hall–Kier alpha value is -1.16. The highest BCUT2D eigenvalue weighted by atomic mass is 32.1. The van der Waals surface area contributed by atoms with Crippen molar-refractivity contribution in [1.82, 2.24) is 0 Å². The molecule has 0 atom stereocenters. The fourth-order valence-corrected chi connectivity index (χ4v) is 2.83. The van der Waals surface area contributed by atoms with Crippen molar-refractivity contribution in [3.05, 3.63) is 58.3 Å². The van der Waals surface area contributed by atoms with Gasteiger partial charge >= 0.3 is 0 Å². The van der Waals surface area contributed by atoms with Gasteiger partial charge in [-0.1, -0.05) is 36.4 Å². The highest BCUT2D eigenvalue weighted by molar-refractivity contribution is 7.09. The molecule has 1 heterocycles. The van der Waals surface area contributed by atoms with E-state index in [1.807, 2.05) is 47.8 Å². The molecule has 0 saturated carbocycles. The molecule has 0 amide bonds. The lowest BCUT2D eigenvalue weighted by Gasteiger charge is -2.30. The number of aliphatic hydroxyl groups is 2. The minimum absolute atomic E-state index is 0.0502. The number of benzene rings is 1. The van der Waals surface area contributed by atoms with Crippen molar-refractivity contribution in [2.24, 2.45) is 0 Å². The zero-order chi connectivity index (χ0) is 12.1. The van der Waals surface area contributed by atoms with Crippen LogP contribution in [0.1, 0.15) is 10.4 Å². The summed E-state index contributed by atoms with van der Waals surface area (Å²) in [6.07, 6.45) is 0.668. The fourth-order valence-electron chi connectivity index (χ4n) is 1.98.